The van der Waals surface area contributed by atoms with Crippen molar-refractivity contribution >= 4 is 5.91 Å². The Balaban J connectivity index is 1.29. The molecule has 1 atom stereocenters. The van der Waals surface area contributed by atoms with Crippen LogP contribution in [0.15, 0.2) is 72.8 Å². The monoisotopic (exact) mass is 456 g/mol. The van der Waals surface area contributed by atoms with Gasteiger partial charge in [0, 0.05) is 26.6 Å². The minimum atomic E-state index is 0.258. The predicted octanol–water partition coefficient (Wildman–Crippen LogP) is 5.45. The summed E-state index contributed by atoms with van der Waals surface area (Å²) < 4.78 is 6.11. The maximum Gasteiger partial charge on any atom is 0.222 e. The second-order valence-corrected chi connectivity index (χ2v) is 9.71. The molecule has 0 aromatic heterocycles. The first-order valence-corrected chi connectivity index (χ1v) is 12.3. The number of amides is 1. The van der Waals surface area contributed by atoms with Gasteiger partial charge in [0.15, 0.2) is 0 Å². The van der Waals surface area contributed by atoms with Crippen molar-refractivity contribution in [1.82, 2.24) is 9.80 Å². The Labute approximate surface area is 204 Å². The molecule has 4 rings (SSSR count). The van der Waals surface area contributed by atoms with Gasteiger partial charge in [0.25, 0.3) is 0 Å². The molecule has 3 aromatic carbocycles. The van der Waals surface area contributed by atoms with Gasteiger partial charge in [-0.2, -0.15) is 0 Å². The van der Waals surface area contributed by atoms with Crippen molar-refractivity contribution in [2.45, 2.75) is 32.3 Å². The van der Waals surface area contributed by atoms with E-state index in [9.17, 15) is 4.79 Å². The largest absolute Gasteiger partial charge is 0.489 e. The summed E-state index contributed by atoms with van der Waals surface area (Å²) in [6, 6.07) is 25.5. The summed E-state index contributed by atoms with van der Waals surface area (Å²) in [5, 5.41) is 0. The molecule has 0 spiro atoms. The zero-order chi connectivity index (χ0) is 23.9. The molecule has 178 valence electrons. The van der Waals surface area contributed by atoms with Crippen molar-refractivity contribution in [2.24, 2.45) is 5.92 Å². The van der Waals surface area contributed by atoms with E-state index < -0.39 is 0 Å². The molecule has 3 aromatic rings. The van der Waals surface area contributed by atoms with E-state index in [1.54, 1.807) is 0 Å². The van der Waals surface area contributed by atoms with E-state index in [0.29, 0.717) is 18.9 Å². The van der Waals surface area contributed by atoms with Gasteiger partial charge in [-0.05, 0) is 79.2 Å². The van der Waals surface area contributed by atoms with Crippen molar-refractivity contribution in [2.75, 3.05) is 34.2 Å². The van der Waals surface area contributed by atoms with Gasteiger partial charge in [-0.3, -0.25) is 4.79 Å². The number of hydrogen-bond acceptors (Lipinski definition) is 3. The Morgan fingerprint density at radius 1 is 0.882 bits per heavy atom. The minimum Gasteiger partial charge on any atom is -0.489 e. The van der Waals surface area contributed by atoms with E-state index in [2.05, 4.69) is 71.6 Å². The standard InChI is InChI=1S/C30H36N2O2/c1-31(2)17-18-32(3)30(33)20-24-11-14-28-21-29(16-15-27(28)19-24)34-22-23-9-12-26(13-10-23)25-7-5-4-6-8-25/h4-10,12-13,15-16,21,24H,11,14,17-20,22H2,1-3H3. The third-order valence-electron chi connectivity index (χ3n) is 6.75. The number of hydrogen-bond donors (Lipinski definition) is 0. The van der Waals surface area contributed by atoms with E-state index in [0.717, 1.165) is 43.7 Å². The fourth-order valence-electron chi connectivity index (χ4n) is 4.54. The highest BCUT2D eigenvalue weighted by Crippen LogP contribution is 2.31. The number of aryl methyl sites for hydroxylation is 1. The van der Waals surface area contributed by atoms with E-state index >= 15 is 0 Å². The van der Waals surface area contributed by atoms with Gasteiger partial charge in [-0.1, -0.05) is 60.7 Å². The zero-order valence-corrected chi connectivity index (χ0v) is 20.7. The molecule has 0 bridgehead atoms. The number of carbonyl (C=O) groups excluding carboxylic acids is 1. The molecule has 0 radical (unpaired) electrons. The third-order valence-corrected chi connectivity index (χ3v) is 6.75. The maximum absolute atomic E-state index is 12.6. The van der Waals surface area contributed by atoms with Crippen LogP contribution < -0.4 is 4.74 Å². The van der Waals surface area contributed by atoms with Crippen LogP contribution in [0.4, 0.5) is 0 Å². The average Bonchev–Trinajstić information content (AvgIpc) is 2.86. The summed E-state index contributed by atoms with van der Waals surface area (Å²) in [7, 11) is 5.99. The topological polar surface area (TPSA) is 32.8 Å². The van der Waals surface area contributed by atoms with Crippen LogP contribution in [-0.2, 0) is 24.2 Å². The predicted molar refractivity (Wildman–Crippen MR) is 139 cm³/mol. The van der Waals surface area contributed by atoms with Crippen molar-refractivity contribution in [1.29, 1.82) is 0 Å². The van der Waals surface area contributed by atoms with Gasteiger partial charge in [-0.25, -0.2) is 0 Å². The van der Waals surface area contributed by atoms with E-state index in [4.69, 9.17) is 4.74 Å². The van der Waals surface area contributed by atoms with E-state index in [-0.39, 0.29) is 5.91 Å². The number of fused-ring (bicyclic) bond motifs is 1. The Morgan fingerprint density at radius 2 is 1.62 bits per heavy atom. The molecule has 0 saturated heterocycles. The molecule has 0 N–H and O–H groups in total. The molecule has 1 unspecified atom stereocenters. The molecule has 4 heteroatoms. The first-order valence-electron chi connectivity index (χ1n) is 12.3. The molecule has 1 amide bonds. The highest BCUT2D eigenvalue weighted by atomic mass is 16.5. The third kappa shape index (κ3) is 6.48. The molecule has 1 aliphatic carbocycles. The lowest BCUT2D eigenvalue weighted by Crippen LogP contribution is -2.35. The second kappa shape index (κ2) is 11.3. The molecular weight excluding hydrogens is 420 g/mol. The van der Waals surface area contributed by atoms with Crippen LogP contribution in [0, 0.1) is 5.92 Å². The molecule has 0 aliphatic heterocycles. The maximum atomic E-state index is 12.6. The Hall–Kier alpha value is -3.11. The average molecular weight is 457 g/mol. The summed E-state index contributed by atoms with van der Waals surface area (Å²) >= 11 is 0. The number of benzene rings is 3. The van der Waals surface area contributed by atoms with Crippen LogP contribution in [0.5, 0.6) is 5.75 Å². The van der Waals surface area contributed by atoms with Crippen LogP contribution in [0.3, 0.4) is 0 Å². The molecule has 4 nitrogen and oxygen atoms in total. The molecule has 0 fully saturated rings. The molecule has 0 heterocycles. The van der Waals surface area contributed by atoms with E-state index in [1.165, 1.54) is 22.3 Å². The molecular formula is C30H36N2O2. The van der Waals surface area contributed by atoms with Gasteiger partial charge in [0.05, 0.1) is 0 Å². The fraction of sp³-hybridized carbons (Fsp3) is 0.367. The van der Waals surface area contributed by atoms with Crippen molar-refractivity contribution in [3.63, 3.8) is 0 Å². The molecule has 1 aliphatic rings. The van der Waals surface area contributed by atoms with Crippen LogP contribution in [0.1, 0.15) is 29.5 Å². The highest BCUT2D eigenvalue weighted by Gasteiger charge is 2.23. The van der Waals surface area contributed by atoms with Crippen LogP contribution in [0.2, 0.25) is 0 Å². The number of nitrogens with zero attached hydrogens (tertiary/aromatic N) is 2. The van der Waals surface area contributed by atoms with Gasteiger partial charge in [0.2, 0.25) is 5.91 Å². The Bertz CT molecular complexity index is 1080. The summed E-state index contributed by atoms with van der Waals surface area (Å²) in [5.74, 6) is 1.61. The van der Waals surface area contributed by atoms with E-state index in [1.807, 2.05) is 32.1 Å². The first kappa shape index (κ1) is 24.0. The minimum absolute atomic E-state index is 0.258. The van der Waals surface area contributed by atoms with Crippen LogP contribution in [-0.4, -0.2) is 49.9 Å². The number of likely N-dealkylation sites (N-methyl/N-ethyl adjacent to an activating group) is 2. The number of carbonyl (C=O) groups is 1. The zero-order valence-electron chi connectivity index (χ0n) is 20.7. The van der Waals surface area contributed by atoms with Gasteiger partial charge in [-0.15, -0.1) is 0 Å². The van der Waals surface area contributed by atoms with Crippen molar-refractivity contribution < 1.29 is 9.53 Å². The molecule has 34 heavy (non-hydrogen) atoms. The van der Waals surface area contributed by atoms with Gasteiger partial charge >= 0.3 is 0 Å². The number of ether oxygens (including phenoxy) is 1. The normalized spacial score (nSPS) is 15.1. The summed E-state index contributed by atoms with van der Waals surface area (Å²) in [6.45, 7) is 2.24. The summed E-state index contributed by atoms with van der Waals surface area (Å²) in [4.78, 5) is 16.6. The summed E-state index contributed by atoms with van der Waals surface area (Å²) in [6.07, 6.45) is 3.69. The first-order chi connectivity index (χ1) is 16.5. The smallest absolute Gasteiger partial charge is 0.222 e. The highest BCUT2D eigenvalue weighted by molar-refractivity contribution is 5.76. The lowest BCUT2D eigenvalue weighted by Gasteiger charge is -2.27. The lowest BCUT2D eigenvalue weighted by atomic mass is 9.82. The van der Waals surface area contributed by atoms with Crippen LogP contribution in [0.25, 0.3) is 11.1 Å². The van der Waals surface area contributed by atoms with Crippen molar-refractivity contribution in [3.05, 3.63) is 89.5 Å². The second-order valence-electron chi connectivity index (χ2n) is 9.71. The SMILES string of the molecule is CN(C)CCN(C)C(=O)CC1CCc2cc(OCc3ccc(-c4ccccc4)cc3)ccc2C1. The summed E-state index contributed by atoms with van der Waals surface area (Å²) in [5.41, 5.74) is 6.33. The van der Waals surface area contributed by atoms with Gasteiger partial charge < -0.3 is 14.5 Å². The Kier molecular flexibility index (Phi) is 8.02. The van der Waals surface area contributed by atoms with Crippen molar-refractivity contribution in [3.8, 4) is 16.9 Å². The Morgan fingerprint density at radius 3 is 2.35 bits per heavy atom. The quantitative estimate of drug-likeness (QED) is 0.429. The fourth-order valence-corrected chi connectivity index (χ4v) is 4.54. The van der Waals surface area contributed by atoms with Gasteiger partial charge in [0.1, 0.15) is 12.4 Å². The number of rotatable bonds is 9. The molecule has 0 saturated carbocycles. The lowest BCUT2D eigenvalue weighted by molar-refractivity contribution is -0.131. The van der Waals surface area contributed by atoms with Crippen LogP contribution >= 0.6 is 0 Å².